The van der Waals surface area contributed by atoms with Gasteiger partial charge in [0.15, 0.2) is 5.78 Å². The van der Waals surface area contributed by atoms with Crippen LogP contribution >= 0.6 is 0 Å². The van der Waals surface area contributed by atoms with Gasteiger partial charge in [-0.15, -0.1) is 0 Å². The third-order valence-electron chi connectivity index (χ3n) is 6.77. The molecule has 0 N–H and O–H groups in total. The van der Waals surface area contributed by atoms with Crippen molar-refractivity contribution in [1.82, 2.24) is 9.80 Å². The van der Waals surface area contributed by atoms with Crippen LogP contribution in [-0.2, 0) is 11.0 Å². The minimum Gasteiger partial charge on any atom is -0.334 e. The van der Waals surface area contributed by atoms with E-state index in [1.54, 1.807) is 44.1 Å². The molecule has 0 saturated carbocycles. The fourth-order valence-electron chi connectivity index (χ4n) is 5.14. The van der Waals surface area contributed by atoms with E-state index in [1.165, 1.54) is 4.90 Å². The number of fused-ring (bicyclic) bond motifs is 2. The van der Waals surface area contributed by atoms with Crippen molar-refractivity contribution >= 4 is 17.3 Å². The lowest BCUT2D eigenvalue weighted by Gasteiger charge is -2.42. The van der Waals surface area contributed by atoms with Crippen molar-refractivity contribution in [2.75, 3.05) is 14.1 Å². The molecule has 2 aromatic rings. The number of alkyl halides is 3. The molecule has 0 bridgehead atoms. The Bertz CT molecular complexity index is 1330. The Labute approximate surface area is 189 Å². The Morgan fingerprint density at radius 2 is 1.64 bits per heavy atom. The summed E-state index contributed by atoms with van der Waals surface area (Å²) in [5.74, 6) is -1.03. The van der Waals surface area contributed by atoms with Crippen molar-refractivity contribution in [2.24, 2.45) is 0 Å². The summed E-state index contributed by atoms with van der Waals surface area (Å²) in [6.07, 6.45) is -4.22. The summed E-state index contributed by atoms with van der Waals surface area (Å²) in [5, 5.41) is 0. The molecule has 7 heteroatoms. The van der Waals surface area contributed by atoms with E-state index in [1.807, 2.05) is 12.1 Å². The monoisotopic (exact) mass is 450 g/mol. The minimum absolute atomic E-state index is 0.241. The highest BCUT2D eigenvalue weighted by molar-refractivity contribution is 6.23. The summed E-state index contributed by atoms with van der Waals surface area (Å²) < 4.78 is 41.0. The summed E-state index contributed by atoms with van der Waals surface area (Å²) in [5.41, 5.74) is 3.30. The molecular weight excluding hydrogens is 429 g/mol. The van der Waals surface area contributed by atoms with E-state index in [-0.39, 0.29) is 17.3 Å². The molecule has 3 aliphatic rings. The number of halogens is 3. The fourth-order valence-corrected chi connectivity index (χ4v) is 5.14. The maximum absolute atomic E-state index is 13.7. The number of amides is 1. The Morgan fingerprint density at radius 3 is 2.30 bits per heavy atom. The number of allylic oxidation sites excluding steroid dienone is 2. The zero-order chi connectivity index (χ0) is 23.8. The van der Waals surface area contributed by atoms with Crippen LogP contribution in [0.25, 0.3) is 5.57 Å². The van der Waals surface area contributed by atoms with Crippen LogP contribution in [0.4, 0.5) is 13.2 Å². The van der Waals surface area contributed by atoms with Gasteiger partial charge in [0, 0.05) is 48.8 Å². The third kappa shape index (κ3) is 2.98. The summed E-state index contributed by atoms with van der Waals surface area (Å²) in [7, 11) is 3.36. The van der Waals surface area contributed by atoms with Gasteiger partial charge in [-0.2, -0.15) is 13.2 Å². The number of hydrogen-bond acceptors (Lipinski definition) is 3. The topological polar surface area (TPSA) is 40.6 Å². The smallest absolute Gasteiger partial charge is 0.334 e. The first-order valence-electron chi connectivity index (χ1n) is 10.5. The zero-order valence-electron chi connectivity index (χ0n) is 18.4. The van der Waals surface area contributed by atoms with Crippen LogP contribution in [0.2, 0.25) is 0 Å². The summed E-state index contributed by atoms with van der Waals surface area (Å²) in [4.78, 5) is 30.2. The number of Topliss-reactive ketones (excluding diaryl/α,β-unsaturated/α-hetero) is 1. The molecule has 0 radical (unpaired) electrons. The molecule has 1 heterocycles. The second-order valence-corrected chi connectivity index (χ2v) is 8.71. The first-order valence-corrected chi connectivity index (χ1v) is 10.5. The number of benzene rings is 2. The summed E-state index contributed by atoms with van der Waals surface area (Å²) in [6.45, 7) is 5.57. The number of carbonyl (C=O) groups excluding carboxylic acids is 2. The van der Waals surface area contributed by atoms with Crippen LogP contribution in [-0.4, -0.2) is 35.6 Å². The highest BCUT2D eigenvalue weighted by Crippen LogP contribution is 2.53. The molecule has 1 atom stereocenters. The highest BCUT2D eigenvalue weighted by Gasteiger charge is 2.47. The molecule has 1 amide bonds. The number of aryl methyl sites for hydroxylation is 1. The van der Waals surface area contributed by atoms with Crippen LogP contribution in [0.3, 0.4) is 0 Å². The molecule has 0 saturated heterocycles. The fraction of sp³-hybridized carbons (Fsp3) is 0.231. The van der Waals surface area contributed by atoms with E-state index in [0.717, 1.165) is 23.3 Å². The maximum Gasteiger partial charge on any atom is 0.416 e. The van der Waals surface area contributed by atoms with Gasteiger partial charge < -0.3 is 4.90 Å². The largest absolute Gasteiger partial charge is 0.416 e. The van der Waals surface area contributed by atoms with Crippen molar-refractivity contribution in [2.45, 2.75) is 25.4 Å². The highest BCUT2D eigenvalue weighted by atomic mass is 19.4. The number of rotatable bonds is 1. The molecule has 1 aliphatic heterocycles. The van der Waals surface area contributed by atoms with Gasteiger partial charge in [0.2, 0.25) is 0 Å². The Balaban J connectivity index is 1.81. The third-order valence-corrected chi connectivity index (χ3v) is 6.77. The Morgan fingerprint density at radius 1 is 0.970 bits per heavy atom. The molecular formula is C26H21F3N2O2. The van der Waals surface area contributed by atoms with Gasteiger partial charge >= 0.3 is 6.18 Å². The molecule has 1 unspecified atom stereocenters. The van der Waals surface area contributed by atoms with E-state index < -0.39 is 17.7 Å². The van der Waals surface area contributed by atoms with Gasteiger partial charge in [-0.1, -0.05) is 42.5 Å². The summed E-state index contributed by atoms with van der Waals surface area (Å²) in [6, 6.07) is 10.9. The first kappa shape index (κ1) is 21.2. The molecule has 33 heavy (non-hydrogen) atoms. The van der Waals surface area contributed by atoms with Crippen molar-refractivity contribution in [1.29, 1.82) is 0 Å². The summed E-state index contributed by atoms with van der Waals surface area (Å²) >= 11 is 0. The predicted molar refractivity (Wildman–Crippen MR) is 118 cm³/mol. The molecule has 2 aliphatic carbocycles. The molecule has 4 nitrogen and oxygen atoms in total. The van der Waals surface area contributed by atoms with E-state index >= 15 is 0 Å². The molecule has 0 fully saturated rings. The zero-order valence-corrected chi connectivity index (χ0v) is 18.4. The van der Waals surface area contributed by atoms with Gasteiger partial charge in [0.05, 0.1) is 5.56 Å². The van der Waals surface area contributed by atoms with Crippen molar-refractivity contribution < 1.29 is 22.8 Å². The van der Waals surface area contributed by atoms with Gasteiger partial charge in [-0.3, -0.25) is 14.5 Å². The van der Waals surface area contributed by atoms with Gasteiger partial charge in [0.1, 0.15) is 5.82 Å². The molecule has 168 valence electrons. The molecule has 2 aromatic carbocycles. The van der Waals surface area contributed by atoms with Crippen LogP contribution in [0.1, 0.15) is 45.0 Å². The average Bonchev–Trinajstić information content (AvgIpc) is 3.06. The number of ketones is 1. The SMILES string of the molecule is C=C1N(C)C(=O)C2=C(CC3=C(C(=O)c4ccccc43)C2c2cc(C)cc(C(F)(F)F)c2)N1C. The normalized spacial score (nSPS) is 20.4. The lowest BCUT2D eigenvalue weighted by molar-refractivity contribution is -0.137. The quantitative estimate of drug-likeness (QED) is 0.594. The first-order chi connectivity index (χ1) is 15.5. The van der Waals surface area contributed by atoms with Gasteiger partial charge in [-0.25, -0.2) is 0 Å². The van der Waals surface area contributed by atoms with Gasteiger partial charge in [-0.05, 0) is 35.8 Å². The second-order valence-electron chi connectivity index (χ2n) is 8.71. The molecule has 0 spiro atoms. The van der Waals surface area contributed by atoms with Crippen LogP contribution < -0.4 is 0 Å². The number of nitrogens with zero attached hydrogens (tertiary/aromatic N) is 2. The maximum atomic E-state index is 13.7. The number of hydrogen-bond donors (Lipinski definition) is 0. The van der Waals surface area contributed by atoms with Crippen molar-refractivity contribution in [3.8, 4) is 0 Å². The number of carbonyl (C=O) groups is 2. The van der Waals surface area contributed by atoms with E-state index in [9.17, 15) is 22.8 Å². The average molecular weight is 450 g/mol. The van der Waals surface area contributed by atoms with Crippen molar-refractivity contribution in [3.63, 3.8) is 0 Å². The lowest BCUT2D eigenvalue weighted by atomic mass is 9.74. The standard InChI is InChI=1S/C26H21F3N2O2/c1-13-9-15(11-16(10-13)26(27,28)29)21-22-19(17-7-5-6-8-18(17)24(22)32)12-20-23(21)25(33)31(4)14(2)30(20)3/h5-11,21H,2,12H2,1,3-4H3. The molecule has 5 rings (SSSR count). The minimum atomic E-state index is -4.55. The molecule has 0 aromatic heterocycles. The van der Waals surface area contributed by atoms with Crippen LogP contribution in [0, 0.1) is 6.92 Å². The van der Waals surface area contributed by atoms with Crippen molar-refractivity contribution in [3.05, 3.63) is 99.5 Å². The van der Waals surface area contributed by atoms with E-state index in [4.69, 9.17) is 0 Å². The Hall–Kier alpha value is -3.61. The lowest BCUT2D eigenvalue weighted by Crippen LogP contribution is -2.44. The number of likely N-dealkylation sites (N-methyl/N-ethyl adjacent to an activating group) is 1. The van der Waals surface area contributed by atoms with Crippen LogP contribution in [0.15, 0.2) is 71.7 Å². The Kier molecular flexibility index (Phi) is 4.47. The second kappa shape index (κ2) is 6.94. The van der Waals surface area contributed by atoms with Crippen LogP contribution in [0.5, 0.6) is 0 Å². The van der Waals surface area contributed by atoms with Gasteiger partial charge in [0.25, 0.3) is 5.91 Å². The van der Waals surface area contributed by atoms with E-state index in [2.05, 4.69) is 6.58 Å². The predicted octanol–water partition coefficient (Wildman–Crippen LogP) is 5.28. The van der Waals surface area contributed by atoms with E-state index in [0.29, 0.717) is 40.2 Å².